The first kappa shape index (κ1) is 22.5. The Kier molecular flexibility index (Phi) is 8.31. The van der Waals surface area contributed by atoms with Gasteiger partial charge in [-0.05, 0) is 45.6 Å². The predicted molar refractivity (Wildman–Crippen MR) is 97.4 cm³/mol. The number of esters is 1. The van der Waals surface area contributed by atoms with Crippen molar-refractivity contribution in [2.75, 3.05) is 0 Å². The normalized spacial score (nSPS) is 14.5. The second kappa shape index (κ2) is 9.97. The fourth-order valence-electron chi connectivity index (χ4n) is 2.31. The lowest BCUT2D eigenvalue weighted by Gasteiger charge is -2.27. The van der Waals surface area contributed by atoms with Crippen LogP contribution in [0.15, 0.2) is 35.3 Å². The Balaban J connectivity index is 2.69. The van der Waals surface area contributed by atoms with Crippen molar-refractivity contribution in [3.63, 3.8) is 0 Å². The monoisotopic (exact) mass is 378 g/mol. The first-order chi connectivity index (χ1) is 12.6. The topological polar surface area (TPSA) is 128 Å². The highest BCUT2D eigenvalue weighted by atomic mass is 16.6. The molecule has 0 spiro atoms. The molecular weight excluding hydrogens is 352 g/mol. The number of aliphatic carboxylic acids is 1. The number of carboxylic acids is 1. The summed E-state index contributed by atoms with van der Waals surface area (Å²) in [5.74, 6) is -2.68. The maximum absolute atomic E-state index is 12.4. The molecule has 1 aromatic rings. The largest absolute Gasteiger partial charge is 0.479 e. The summed E-state index contributed by atoms with van der Waals surface area (Å²) in [6, 6.07) is 9.43. The van der Waals surface area contributed by atoms with E-state index in [-0.39, 0.29) is 19.3 Å². The number of hydrogen-bond acceptors (Lipinski definition) is 7. The van der Waals surface area contributed by atoms with E-state index in [0.717, 1.165) is 5.56 Å². The van der Waals surface area contributed by atoms with Crippen LogP contribution < -0.4 is 5.73 Å². The second-order valence-corrected chi connectivity index (χ2v) is 7.10. The van der Waals surface area contributed by atoms with Crippen LogP contribution in [0.2, 0.25) is 0 Å². The van der Waals surface area contributed by atoms with Crippen LogP contribution in [0.1, 0.15) is 45.6 Å². The van der Waals surface area contributed by atoms with Crippen molar-refractivity contribution in [1.82, 2.24) is 0 Å². The molecule has 8 nitrogen and oxygen atoms in total. The third kappa shape index (κ3) is 7.30. The number of benzene rings is 1. The van der Waals surface area contributed by atoms with Crippen LogP contribution in [0.25, 0.3) is 0 Å². The number of nitrogens with zero attached hydrogens (tertiary/aromatic N) is 1. The molecule has 0 saturated carbocycles. The molecule has 8 heteroatoms. The summed E-state index contributed by atoms with van der Waals surface area (Å²) in [7, 11) is 0. The predicted octanol–water partition coefficient (Wildman–Crippen LogP) is 2.16. The highest BCUT2D eigenvalue weighted by Gasteiger charge is 2.49. The molecule has 0 aliphatic carbocycles. The Morgan fingerprint density at radius 2 is 1.89 bits per heavy atom. The molecule has 3 N–H and O–H groups in total. The number of nitrogens with two attached hydrogens (primary N) is 1. The molecule has 0 fully saturated rings. The minimum Gasteiger partial charge on any atom is -0.479 e. The van der Waals surface area contributed by atoms with Crippen LogP contribution in [-0.4, -0.2) is 40.5 Å². The fourth-order valence-corrected chi connectivity index (χ4v) is 2.31. The Morgan fingerprint density at radius 3 is 2.41 bits per heavy atom. The maximum Gasteiger partial charge on any atom is 0.347 e. The van der Waals surface area contributed by atoms with Gasteiger partial charge in [0.25, 0.3) is 5.54 Å². The number of ether oxygens (including phenoxy) is 2. The zero-order valence-corrected chi connectivity index (χ0v) is 15.8. The van der Waals surface area contributed by atoms with E-state index in [9.17, 15) is 19.5 Å². The lowest BCUT2D eigenvalue weighted by molar-refractivity contribution is -0.169. The van der Waals surface area contributed by atoms with Crippen LogP contribution in [0.3, 0.4) is 0 Å². The SMILES string of the molecule is CC(C)(C)OC(=O)C(CCCC(N)OCc1ccccc1)(N=C=O)C(=O)O. The van der Waals surface area contributed by atoms with Crippen LogP contribution >= 0.6 is 0 Å². The van der Waals surface area contributed by atoms with Crippen molar-refractivity contribution in [1.29, 1.82) is 0 Å². The van der Waals surface area contributed by atoms with Crippen LogP contribution in [0, 0.1) is 0 Å². The molecule has 27 heavy (non-hydrogen) atoms. The highest BCUT2D eigenvalue weighted by molar-refractivity contribution is 6.05. The molecule has 1 rings (SSSR count). The third-order valence-electron chi connectivity index (χ3n) is 3.66. The quantitative estimate of drug-likeness (QED) is 0.210. The van der Waals surface area contributed by atoms with E-state index in [0.29, 0.717) is 6.61 Å². The van der Waals surface area contributed by atoms with Gasteiger partial charge >= 0.3 is 11.9 Å². The van der Waals surface area contributed by atoms with Gasteiger partial charge in [0.2, 0.25) is 6.08 Å². The van der Waals surface area contributed by atoms with Gasteiger partial charge in [-0.2, -0.15) is 4.99 Å². The molecule has 0 saturated heterocycles. The lowest BCUT2D eigenvalue weighted by atomic mass is 9.92. The maximum atomic E-state index is 12.4. The van der Waals surface area contributed by atoms with E-state index >= 15 is 0 Å². The highest BCUT2D eigenvalue weighted by Crippen LogP contribution is 2.25. The number of rotatable bonds is 10. The van der Waals surface area contributed by atoms with Crippen molar-refractivity contribution in [3.8, 4) is 0 Å². The number of carbonyl (C=O) groups is 2. The molecule has 0 aliphatic rings. The van der Waals surface area contributed by atoms with Gasteiger partial charge in [-0.3, -0.25) is 0 Å². The van der Waals surface area contributed by atoms with E-state index in [2.05, 4.69) is 4.99 Å². The summed E-state index contributed by atoms with van der Waals surface area (Å²) in [6.45, 7) is 5.09. The van der Waals surface area contributed by atoms with Gasteiger partial charge in [-0.15, -0.1) is 0 Å². The summed E-state index contributed by atoms with van der Waals surface area (Å²) in [5.41, 5.74) is 3.57. The Morgan fingerprint density at radius 1 is 1.26 bits per heavy atom. The average molecular weight is 378 g/mol. The molecule has 2 atom stereocenters. The van der Waals surface area contributed by atoms with Crippen LogP contribution in [0.5, 0.6) is 0 Å². The molecule has 1 aromatic carbocycles. The number of hydrogen-bond donors (Lipinski definition) is 2. The van der Waals surface area contributed by atoms with Gasteiger partial charge in [0.15, 0.2) is 0 Å². The lowest BCUT2D eigenvalue weighted by Crippen LogP contribution is -2.48. The minimum atomic E-state index is -2.34. The van der Waals surface area contributed by atoms with E-state index in [1.54, 1.807) is 20.8 Å². The van der Waals surface area contributed by atoms with Crippen LogP contribution in [-0.2, 0) is 30.5 Å². The Labute approximate surface area is 158 Å². The van der Waals surface area contributed by atoms with E-state index in [1.165, 1.54) is 6.08 Å². The smallest absolute Gasteiger partial charge is 0.347 e. The second-order valence-electron chi connectivity index (χ2n) is 7.10. The Bertz CT molecular complexity index is 675. The van der Waals surface area contributed by atoms with E-state index < -0.39 is 29.3 Å². The number of carboxylic acid groups (broad SMARTS) is 1. The van der Waals surface area contributed by atoms with Gasteiger partial charge in [0.05, 0.1) is 6.61 Å². The van der Waals surface area contributed by atoms with Crippen molar-refractivity contribution < 1.29 is 29.0 Å². The van der Waals surface area contributed by atoms with Crippen molar-refractivity contribution in [2.24, 2.45) is 10.7 Å². The molecule has 0 aliphatic heterocycles. The fraction of sp³-hybridized carbons (Fsp3) is 0.526. The van der Waals surface area contributed by atoms with Crippen molar-refractivity contribution in [3.05, 3.63) is 35.9 Å². The molecule has 0 heterocycles. The average Bonchev–Trinajstić information content (AvgIpc) is 2.58. The summed E-state index contributed by atoms with van der Waals surface area (Å²) in [4.78, 5) is 38.1. The summed E-state index contributed by atoms with van der Waals surface area (Å²) < 4.78 is 10.6. The molecular formula is C19H26N2O6. The van der Waals surface area contributed by atoms with Gasteiger partial charge in [-0.25, -0.2) is 14.4 Å². The third-order valence-corrected chi connectivity index (χ3v) is 3.66. The van der Waals surface area contributed by atoms with Crippen LogP contribution in [0.4, 0.5) is 0 Å². The number of aliphatic imine (C=N–C) groups is 1. The number of carbonyl (C=O) groups excluding carboxylic acids is 2. The van der Waals surface area contributed by atoms with E-state index in [4.69, 9.17) is 15.2 Å². The molecule has 0 aromatic heterocycles. The molecule has 148 valence electrons. The van der Waals surface area contributed by atoms with Gasteiger partial charge < -0.3 is 20.3 Å². The van der Waals surface area contributed by atoms with Gasteiger partial charge in [0.1, 0.15) is 11.8 Å². The van der Waals surface area contributed by atoms with E-state index in [1.807, 2.05) is 30.3 Å². The summed E-state index contributed by atoms with van der Waals surface area (Å²) in [5, 5.41) is 9.50. The zero-order chi connectivity index (χ0) is 20.5. The summed E-state index contributed by atoms with van der Waals surface area (Å²) >= 11 is 0. The molecule has 0 amide bonds. The minimum absolute atomic E-state index is 0.187. The van der Waals surface area contributed by atoms with Gasteiger partial charge in [-0.1, -0.05) is 30.3 Å². The molecule has 0 radical (unpaired) electrons. The number of isocyanates is 1. The zero-order valence-electron chi connectivity index (χ0n) is 15.8. The first-order valence-corrected chi connectivity index (χ1v) is 8.58. The molecule has 2 unspecified atom stereocenters. The summed E-state index contributed by atoms with van der Waals surface area (Å²) in [6.07, 6.45) is 0.724. The Hall–Kier alpha value is -2.54. The standard InChI is InChI=1S/C19H26N2O6/c1-18(2,3)27-17(25)19(16(23)24,21-13-22)11-7-10-15(20)26-12-14-8-5-4-6-9-14/h4-6,8-9,15H,7,10-12,20H2,1-3H3,(H,23,24). The molecule has 0 bridgehead atoms. The first-order valence-electron chi connectivity index (χ1n) is 8.58. The van der Waals surface area contributed by atoms with Crippen molar-refractivity contribution in [2.45, 2.75) is 64.0 Å². The van der Waals surface area contributed by atoms with Crippen molar-refractivity contribution >= 4 is 18.0 Å². The van der Waals surface area contributed by atoms with Gasteiger partial charge in [0, 0.05) is 0 Å².